The van der Waals surface area contributed by atoms with E-state index in [1.165, 1.54) is 24.3 Å². The summed E-state index contributed by atoms with van der Waals surface area (Å²) in [5.41, 5.74) is 0.704. The minimum atomic E-state index is -4.35. The molecule has 7 nitrogen and oxygen atoms in total. The number of nitrogen functional groups attached to an aromatic ring is 2. The highest BCUT2D eigenvalue weighted by atomic mass is 32.2. The van der Waals surface area contributed by atoms with Crippen molar-refractivity contribution in [2.75, 3.05) is 16.2 Å². The molecule has 0 radical (unpaired) electrons. The molecule has 1 aromatic heterocycles. The summed E-state index contributed by atoms with van der Waals surface area (Å²) in [4.78, 5) is 8.08. The molecule has 0 aliphatic heterocycles. The summed E-state index contributed by atoms with van der Waals surface area (Å²) in [5, 5.41) is 2.79. The van der Waals surface area contributed by atoms with Crippen LogP contribution in [0.4, 0.5) is 36.4 Å². The molecule has 0 bridgehead atoms. The molecule has 118 valence electrons. The first-order valence-corrected chi connectivity index (χ1v) is 6.66. The number of thioether (sulfide) groups is 1. The summed E-state index contributed by atoms with van der Waals surface area (Å²) >= 11 is -0.205. The normalized spacial score (nSPS) is 11.1. The van der Waals surface area contributed by atoms with Gasteiger partial charge in [-0.3, -0.25) is 0 Å². The number of aromatic nitrogens is 2. The summed E-state index contributed by atoms with van der Waals surface area (Å²) in [5.74, 6) is 11.2. The van der Waals surface area contributed by atoms with E-state index < -0.39 is 5.51 Å². The molecule has 7 N–H and O–H groups in total. The molecule has 22 heavy (non-hydrogen) atoms. The molecule has 0 unspecified atom stereocenters. The van der Waals surface area contributed by atoms with Crippen molar-refractivity contribution in [1.29, 1.82) is 0 Å². The van der Waals surface area contributed by atoms with Crippen LogP contribution in [0.5, 0.6) is 0 Å². The van der Waals surface area contributed by atoms with Crippen LogP contribution in [0, 0.1) is 0 Å². The summed E-state index contributed by atoms with van der Waals surface area (Å²) in [6.07, 6.45) is 0. The SMILES string of the molecule is NNc1cc(NN)nc(Nc2cccc(SC(F)(F)F)c2)n1. The van der Waals surface area contributed by atoms with E-state index in [0.29, 0.717) is 5.69 Å². The van der Waals surface area contributed by atoms with Gasteiger partial charge in [0.15, 0.2) is 0 Å². The molecule has 11 heteroatoms. The van der Waals surface area contributed by atoms with Crippen LogP contribution in [0.3, 0.4) is 0 Å². The third-order valence-electron chi connectivity index (χ3n) is 2.35. The van der Waals surface area contributed by atoms with E-state index in [9.17, 15) is 13.2 Å². The number of hydrazine groups is 2. The molecule has 0 aliphatic rings. The first-order chi connectivity index (χ1) is 10.4. The van der Waals surface area contributed by atoms with Crippen LogP contribution in [-0.4, -0.2) is 15.5 Å². The Morgan fingerprint density at radius 1 is 1.00 bits per heavy atom. The number of anilines is 4. The number of nitrogens with two attached hydrogens (primary N) is 2. The lowest BCUT2D eigenvalue weighted by Gasteiger charge is -2.10. The maximum absolute atomic E-state index is 12.4. The lowest BCUT2D eigenvalue weighted by molar-refractivity contribution is -0.0328. The van der Waals surface area contributed by atoms with Crippen LogP contribution < -0.4 is 27.9 Å². The van der Waals surface area contributed by atoms with Crippen LogP contribution in [0.2, 0.25) is 0 Å². The highest BCUT2D eigenvalue weighted by Crippen LogP contribution is 2.37. The Morgan fingerprint density at radius 3 is 2.18 bits per heavy atom. The number of nitrogens with zero attached hydrogens (tertiary/aromatic N) is 2. The van der Waals surface area contributed by atoms with Gasteiger partial charge in [-0.05, 0) is 30.0 Å². The highest BCUT2D eigenvalue weighted by molar-refractivity contribution is 8.00. The molecule has 0 spiro atoms. The predicted octanol–water partition coefficient (Wildman–Crippen LogP) is 2.40. The van der Waals surface area contributed by atoms with E-state index in [4.69, 9.17) is 11.7 Å². The van der Waals surface area contributed by atoms with Crippen molar-refractivity contribution in [2.24, 2.45) is 11.7 Å². The van der Waals surface area contributed by atoms with Gasteiger partial charge in [0.2, 0.25) is 5.95 Å². The summed E-state index contributed by atoms with van der Waals surface area (Å²) in [6.45, 7) is 0. The smallest absolute Gasteiger partial charge is 0.324 e. The van der Waals surface area contributed by atoms with Gasteiger partial charge in [-0.1, -0.05) is 6.07 Å². The molecule has 0 saturated heterocycles. The molecular formula is C11H12F3N7S. The Bertz CT molecular complexity index is 628. The largest absolute Gasteiger partial charge is 0.446 e. The lowest BCUT2D eigenvalue weighted by atomic mass is 10.3. The molecule has 0 amide bonds. The van der Waals surface area contributed by atoms with E-state index in [-0.39, 0.29) is 34.2 Å². The maximum Gasteiger partial charge on any atom is 0.446 e. The molecule has 0 atom stereocenters. The third-order valence-corrected chi connectivity index (χ3v) is 3.07. The maximum atomic E-state index is 12.4. The van der Waals surface area contributed by atoms with Crippen LogP contribution >= 0.6 is 11.8 Å². The Morgan fingerprint density at radius 2 is 1.64 bits per heavy atom. The van der Waals surface area contributed by atoms with Gasteiger partial charge in [-0.2, -0.15) is 23.1 Å². The molecule has 0 aliphatic carbocycles. The average Bonchev–Trinajstić information content (AvgIpc) is 2.45. The Kier molecular flexibility index (Phi) is 4.90. The van der Waals surface area contributed by atoms with Gasteiger partial charge in [0.1, 0.15) is 11.6 Å². The van der Waals surface area contributed by atoms with E-state index in [2.05, 4.69) is 26.1 Å². The lowest BCUT2D eigenvalue weighted by Crippen LogP contribution is -2.14. The quantitative estimate of drug-likeness (QED) is 0.322. The van der Waals surface area contributed by atoms with Crippen molar-refractivity contribution in [3.05, 3.63) is 30.3 Å². The molecule has 0 saturated carbocycles. The number of hydrogen-bond donors (Lipinski definition) is 5. The van der Waals surface area contributed by atoms with Gasteiger partial charge in [0.25, 0.3) is 0 Å². The van der Waals surface area contributed by atoms with E-state index in [1.54, 1.807) is 6.07 Å². The van der Waals surface area contributed by atoms with Gasteiger partial charge in [0, 0.05) is 16.6 Å². The first-order valence-electron chi connectivity index (χ1n) is 5.85. The van der Waals surface area contributed by atoms with Gasteiger partial charge < -0.3 is 16.2 Å². The number of alkyl halides is 3. The Labute approximate surface area is 127 Å². The molecule has 2 aromatic rings. The van der Waals surface area contributed by atoms with Gasteiger partial charge in [-0.25, -0.2) is 11.7 Å². The van der Waals surface area contributed by atoms with Crippen molar-refractivity contribution in [1.82, 2.24) is 9.97 Å². The molecular weight excluding hydrogens is 319 g/mol. The highest BCUT2D eigenvalue weighted by Gasteiger charge is 2.29. The molecule has 0 fully saturated rings. The number of rotatable bonds is 5. The summed E-state index contributed by atoms with van der Waals surface area (Å²) < 4.78 is 37.1. The molecule has 1 aromatic carbocycles. The zero-order valence-corrected chi connectivity index (χ0v) is 11.8. The van der Waals surface area contributed by atoms with Crippen molar-refractivity contribution in [3.63, 3.8) is 0 Å². The molecule has 2 rings (SSSR count). The second-order valence-electron chi connectivity index (χ2n) is 3.95. The molecule has 1 heterocycles. The number of benzene rings is 1. The van der Waals surface area contributed by atoms with E-state index in [1.807, 2.05) is 0 Å². The Hall–Kier alpha value is -2.24. The van der Waals surface area contributed by atoms with Gasteiger partial charge >= 0.3 is 5.51 Å². The van der Waals surface area contributed by atoms with E-state index in [0.717, 1.165) is 0 Å². The second-order valence-corrected chi connectivity index (χ2v) is 5.09. The summed E-state index contributed by atoms with van der Waals surface area (Å²) in [6, 6.07) is 7.22. The van der Waals surface area contributed by atoms with Crippen molar-refractivity contribution >= 4 is 35.0 Å². The van der Waals surface area contributed by atoms with Crippen LogP contribution in [0.15, 0.2) is 35.2 Å². The zero-order chi connectivity index (χ0) is 16.2. The second kappa shape index (κ2) is 6.68. The van der Waals surface area contributed by atoms with Crippen molar-refractivity contribution in [2.45, 2.75) is 10.4 Å². The van der Waals surface area contributed by atoms with Crippen molar-refractivity contribution < 1.29 is 13.2 Å². The van der Waals surface area contributed by atoms with Crippen LogP contribution in [-0.2, 0) is 0 Å². The monoisotopic (exact) mass is 331 g/mol. The van der Waals surface area contributed by atoms with Crippen LogP contribution in [0.1, 0.15) is 0 Å². The zero-order valence-electron chi connectivity index (χ0n) is 11.0. The minimum absolute atomic E-state index is 0.0442. The number of nitrogens with one attached hydrogen (secondary N) is 3. The average molecular weight is 331 g/mol. The first kappa shape index (κ1) is 16.1. The topological polar surface area (TPSA) is 114 Å². The third kappa shape index (κ3) is 4.65. The van der Waals surface area contributed by atoms with Gasteiger partial charge in [0.05, 0.1) is 0 Å². The summed E-state index contributed by atoms with van der Waals surface area (Å²) in [7, 11) is 0. The fourth-order valence-corrected chi connectivity index (χ4v) is 2.15. The Balaban J connectivity index is 2.22. The van der Waals surface area contributed by atoms with E-state index >= 15 is 0 Å². The number of hydrogen-bond acceptors (Lipinski definition) is 8. The fraction of sp³-hybridized carbons (Fsp3) is 0.0909. The minimum Gasteiger partial charge on any atom is -0.324 e. The van der Waals surface area contributed by atoms with Gasteiger partial charge in [-0.15, -0.1) is 0 Å². The van der Waals surface area contributed by atoms with Crippen molar-refractivity contribution in [3.8, 4) is 0 Å². The number of halogens is 3. The van der Waals surface area contributed by atoms with Crippen LogP contribution in [0.25, 0.3) is 0 Å². The fourth-order valence-electron chi connectivity index (χ4n) is 1.55. The standard InChI is InChI=1S/C11H12F3N7S/c12-11(13,14)22-7-3-1-2-6(4-7)17-10-18-8(20-15)5-9(19-10)21-16/h1-5H,15-16H2,(H3,17,18,19,20,21). The predicted molar refractivity (Wildman–Crippen MR) is 79.3 cm³/mol.